The molecular weight excluding hydrogens is 435 g/mol. The molecule has 2 aromatic carbocycles. The Labute approximate surface area is 191 Å². The maximum Gasteiger partial charge on any atom is 0.418 e. The first kappa shape index (κ1) is 24.4. The SMILES string of the molecule is CCOc1ccc(/C=C/C(=O)Nc2ccc(N3CCN(C)CC3)cc2C(F)(F)F)cc1OC. The number of benzene rings is 2. The number of nitrogens with zero attached hydrogens (tertiary/aromatic N) is 2. The first-order valence-corrected chi connectivity index (χ1v) is 10.7. The number of hydrogen-bond donors (Lipinski definition) is 1. The molecule has 2 aromatic rings. The van der Waals surface area contributed by atoms with Crippen LogP contribution >= 0.6 is 0 Å². The summed E-state index contributed by atoms with van der Waals surface area (Å²) in [5.74, 6) is 0.399. The summed E-state index contributed by atoms with van der Waals surface area (Å²) in [6, 6.07) is 9.13. The lowest BCUT2D eigenvalue weighted by Gasteiger charge is -2.34. The van der Waals surface area contributed by atoms with Crippen LogP contribution in [0.1, 0.15) is 18.1 Å². The normalized spacial score (nSPS) is 15.0. The second kappa shape index (κ2) is 10.6. The molecular formula is C24H28F3N3O3. The summed E-state index contributed by atoms with van der Waals surface area (Å²) in [4.78, 5) is 16.4. The monoisotopic (exact) mass is 463 g/mol. The van der Waals surface area contributed by atoms with E-state index in [0.29, 0.717) is 42.4 Å². The van der Waals surface area contributed by atoms with Crippen molar-refractivity contribution in [1.29, 1.82) is 0 Å². The molecule has 6 nitrogen and oxygen atoms in total. The number of ether oxygens (including phenoxy) is 2. The standard InChI is InChI=1S/C24H28F3N3O3/c1-4-33-21-9-5-17(15-22(21)32-3)6-10-23(31)28-20-8-7-18(16-19(20)24(25,26)27)30-13-11-29(2)12-14-30/h5-10,15-16H,4,11-14H2,1-3H3,(H,28,31)/b10-6+. The third-order valence-corrected chi connectivity index (χ3v) is 5.35. The second-order valence-corrected chi connectivity index (χ2v) is 7.68. The third-order valence-electron chi connectivity index (χ3n) is 5.35. The summed E-state index contributed by atoms with van der Waals surface area (Å²) in [5, 5.41) is 2.36. The predicted octanol–water partition coefficient (Wildman–Crippen LogP) is 4.52. The molecule has 0 aromatic heterocycles. The number of nitrogens with one attached hydrogen (secondary N) is 1. The Balaban J connectivity index is 1.76. The number of hydrogen-bond acceptors (Lipinski definition) is 5. The van der Waals surface area contributed by atoms with Crippen LogP contribution in [-0.4, -0.2) is 57.8 Å². The Hall–Kier alpha value is -3.20. The summed E-state index contributed by atoms with van der Waals surface area (Å²) in [7, 11) is 3.48. The van der Waals surface area contributed by atoms with Gasteiger partial charge in [0.1, 0.15) is 0 Å². The van der Waals surface area contributed by atoms with E-state index >= 15 is 0 Å². The van der Waals surface area contributed by atoms with Crippen LogP contribution in [0.2, 0.25) is 0 Å². The minimum atomic E-state index is -4.60. The molecule has 0 unspecified atom stereocenters. The van der Waals surface area contributed by atoms with E-state index in [1.54, 1.807) is 24.3 Å². The Morgan fingerprint density at radius 3 is 2.45 bits per heavy atom. The van der Waals surface area contributed by atoms with Crippen LogP contribution in [0, 0.1) is 0 Å². The number of methoxy groups -OCH3 is 1. The predicted molar refractivity (Wildman–Crippen MR) is 123 cm³/mol. The molecule has 0 atom stereocenters. The van der Waals surface area contributed by atoms with Crippen molar-refractivity contribution in [2.24, 2.45) is 0 Å². The summed E-state index contributed by atoms with van der Waals surface area (Å²) < 4.78 is 51.9. The van der Waals surface area contributed by atoms with Crippen molar-refractivity contribution < 1.29 is 27.4 Å². The van der Waals surface area contributed by atoms with Gasteiger partial charge >= 0.3 is 6.18 Å². The quantitative estimate of drug-likeness (QED) is 0.612. The highest BCUT2D eigenvalue weighted by Gasteiger charge is 2.34. The number of carbonyl (C=O) groups excluding carboxylic acids is 1. The number of rotatable bonds is 7. The smallest absolute Gasteiger partial charge is 0.418 e. The Kier molecular flexibility index (Phi) is 7.86. The van der Waals surface area contributed by atoms with Crippen LogP contribution in [0.5, 0.6) is 11.5 Å². The molecule has 0 spiro atoms. The first-order valence-electron chi connectivity index (χ1n) is 10.7. The maximum atomic E-state index is 13.7. The summed E-state index contributed by atoms with van der Waals surface area (Å²) in [5.41, 5.74) is -0.0138. The Morgan fingerprint density at radius 1 is 1.09 bits per heavy atom. The van der Waals surface area contributed by atoms with E-state index in [4.69, 9.17) is 9.47 Å². The zero-order valence-corrected chi connectivity index (χ0v) is 18.9. The average molecular weight is 464 g/mol. The van der Waals surface area contributed by atoms with Gasteiger partial charge in [-0.1, -0.05) is 6.07 Å². The lowest BCUT2D eigenvalue weighted by atomic mass is 10.1. The van der Waals surface area contributed by atoms with Crippen molar-refractivity contribution in [2.45, 2.75) is 13.1 Å². The number of alkyl halides is 3. The lowest BCUT2D eigenvalue weighted by Crippen LogP contribution is -2.44. The zero-order valence-electron chi connectivity index (χ0n) is 18.9. The number of amides is 1. The summed E-state index contributed by atoms with van der Waals surface area (Å²) in [6.45, 7) is 5.18. The molecule has 1 fully saturated rings. The van der Waals surface area contributed by atoms with Crippen molar-refractivity contribution in [2.75, 3.05) is 57.2 Å². The molecule has 1 heterocycles. The van der Waals surface area contributed by atoms with E-state index < -0.39 is 17.6 Å². The highest BCUT2D eigenvalue weighted by atomic mass is 19.4. The Bertz CT molecular complexity index is 1000. The summed E-state index contributed by atoms with van der Waals surface area (Å²) in [6.07, 6.45) is -1.92. The Morgan fingerprint density at radius 2 is 1.82 bits per heavy atom. The van der Waals surface area contributed by atoms with Crippen LogP contribution in [0.4, 0.5) is 24.5 Å². The molecule has 1 aliphatic rings. The number of likely N-dealkylation sites (N-methyl/N-ethyl adjacent to an activating group) is 1. The fraction of sp³-hybridized carbons (Fsp3) is 0.375. The third kappa shape index (κ3) is 6.41. The first-order chi connectivity index (χ1) is 15.7. The van der Waals surface area contributed by atoms with E-state index in [9.17, 15) is 18.0 Å². The van der Waals surface area contributed by atoms with E-state index in [2.05, 4.69) is 10.2 Å². The number of anilines is 2. The molecule has 1 N–H and O–H groups in total. The van der Waals surface area contributed by atoms with Gasteiger partial charge in [-0.2, -0.15) is 13.2 Å². The van der Waals surface area contributed by atoms with Crippen molar-refractivity contribution >= 4 is 23.4 Å². The molecule has 3 rings (SSSR count). The van der Waals surface area contributed by atoms with Gasteiger partial charge in [0, 0.05) is 37.9 Å². The van der Waals surface area contributed by atoms with Gasteiger partial charge in [-0.3, -0.25) is 4.79 Å². The highest BCUT2D eigenvalue weighted by Crippen LogP contribution is 2.37. The molecule has 0 aliphatic carbocycles. The van der Waals surface area contributed by atoms with Crippen LogP contribution in [0.3, 0.4) is 0 Å². The van der Waals surface area contributed by atoms with E-state index in [-0.39, 0.29) is 5.69 Å². The van der Waals surface area contributed by atoms with Crippen molar-refractivity contribution in [3.05, 3.63) is 53.6 Å². The zero-order chi connectivity index (χ0) is 24.0. The summed E-state index contributed by atoms with van der Waals surface area (Å²) >= 11 is 0. The molecule has 0 bridgehead atoms. The minimum Gasteiger partial charge on any atom is -0.493 e. The lowest BCUT2D eigenvalue weighted by molar-refractivity contribution is -0.136. The molecule has 178 valence electrons. The maximum absolute atomic E-state index is 13.7. The van der Waals surface area contributed by atoms with Crippen molar-refractivity contribution in [1.82, 2.24) is 4.90 Å². The van der Waals surface area contributed by atoms with Gasteiger partial charge in [0.05, 0.1) is 25.0 Å². The van der Waals surface area contributed by atoms with Crippen LogP contribution in [0.25, 0.3) is 6.08 Å². The molecule has 0 radical (unpaired) electrons. The topological polar surface area (TPSA) is 54.0 Å². The largest absolute Gasteiger partial charge is 0.493 e. The van der Waals surface area contributed by atoms with Gasteiger partial charge in [-0.25, -0.2) is 0 Å². The van der Waals surface area contributed by atoms with E-state index in [1.807, 2.05) is 18.9 Å². The number of carbonyl (C=O) groups is 1. The molecule has 1 amide bonds. The second-order valence-electron chi connectivity index (χ2n) is 7.68. The number of halogens is 3. The van der Waals surface area contributed by atoms with Crippen molar-refractivity contribution in [3.8, 4) is 11.5 Å². The highest BCUT2D eigenvalue weighted by molar-refractivity contribution is 6.02. The fourth-order valence-electron chi connectivity index (χ4n) is 3.55. The average Bonchev–Trinajstić information content (AvgIpc) is 2.78. The van der Waals surface area contributed by atoms with Crippen LogP contribution in [0.15, 0.2) is 42.5 Å². The van der Waals surface area contributed by atoms with Crippen molar-refractivity contribution in [3.63, 3.8) is 0 Å². The molecule has 33 heavy (non-hydrogen) atoms. The number of piperazine rings is 1. The van der Waals surface area contributed by atoms with Gasteiger partial charge in [-0.05, 0) is 55.9 Å². The molecule has 0 saturated carbocycles. The van der Waals surface area contributed by atoms with Gasteiger partial charge in [0.25, 0.3) is 0 Å². The van der Waals surface area contributed by atoms with Gasteiger partial charge < -0.3 is 24.6 Å². The van der Waals surface area contributed by atoms with Gasteiger partial charge in [-0.15, -0.1) is 0 Å². The minimum absolute atomic E-state index is 0.278. The fourth-order valence-corrected chi connectivity index (χ4v) is 3.55. The van der Waals surface area contributed by atoms with Gasteiger partial charge in [0.2, 0.25) is 5.91 Å². The van der Waals surface area contributed by atoms with E-state index in [0.717, 1.165) is 19.2 Å². The van der Waals surface area contributed by atoms with Gasteiger partial charge in [0.15, 0.2) is 11.5 Å². The molecule has 1 aliphatic heterocycles. The molecule has 1 saturated heterocycles. The van der Waals surface area contributed by atoms with Crippen LogP contribution < -0.4 is 19.7 Å². The van der Waals surface area contributed by atoms with E-state index in [1.165, 1.54) is 25.3 Å². The van der Waals surface area contributed by atoms with Crippen LogP contribution in [-0.2, 0) is 11.0 Å². The molecule has 9 heteroatoms.